The van der Waals surface area contributed by atoms with Gasteiger partial charge in [-0.3, -0.25) is 4.79 Å². The number of nitrogens with zero attached hydrogens (tertiary/aromatic N) is 1. The van der Waals surface area contributed by atoms with E-state index in [4.69, 9.17) is 27.9 Å². The second kappa shape index (κ2) is 7.58. The molecule has 1 N–H and O–H groups in total. The molecule has 1 saturated heterocycles. The Morgan fingerprint density at radius 2 is 2.09 bits per heavy atom. The summed E-state index contributed by atoms with van der Waals surface area (Å²) in [5, 5.41) is 4.56. The quantitative estimate of drug-likeness (QED) is 0.814. The van der Waals surface area contributed by atoms with Crippen LogP contribution in [0.15, 0.2) is 12.1 Å². The van der Waals surface area contributed by atoms with Crippen LogP contribution in [0.2, 0.25) is 10.0 Å². The van der Waals surface area contributed by atoms with Gasteiger partial charge in [0.25, 0.3) is 5.91 Å². The van der Waals surface area contributed by atoms with Crippen LogP contribution in [0.4, 0.5) is 0 Å². The van der Waals surface area contributed by atoms with Gasteiger partial charge in [0.2, 0.25) is 0 Å². The molecule has 0 aromatic heterocycles. The topological polar surface area (TPSA) is 41.6 Å². The Labute approximate surface area is 152 Å². The first-order valence-electron chi connectivity index (χ1n) is 7.60. The SMILES string of the molecule is C[C@H]1CO[C@@H](C(=O)N2CCc3cc(Cl)cc(Cl)c3[C@@H]2C)CN1.Cl. The fourth-order valence-electron chi connectivity index (χ4n) is 3.23. The third kappa shape index (κ3) is 3.77. The van der Waals surface area contributed by atoms with E-state index in [1.54, 1.807) is 6.07 Å². The first-order chi connectivity index (χ1) is 10.5. The molecule has 1 aromatic rings. The van der Waals surface area contributed by atoms with Crippen molar-refractivity contribution in [2.24, 2.45) is 0 Å². The van der Waals surface area contributed by atoms with Crippen molar-refractivity contribution >= 4 is 41.5 Å². The molecule has 0 aliphatic carbocycles. The molecule has 3 rings (SSSR count). The number of carbonyl (C=O) groups is 1. The van der Waals surface area contributed by atoms with Gasteiger partial charge in [-0.1, -0.05) is 23.2 Å². The van der Waals surface area contributed by atoms with E-state index >= 15 is 0 Å². The molecular weight excluding hydrogens is 359 g/mol. The molecule has 0 spiro atoms. The smallest absolute Gasteiger partial charge is 0.253 e. The first-order valence-corrected chi connectivity index (χ1v) is 8.36. The van der Waals surface area contributed by atoms with E-state index < -0.39 is 6.10 Å². The lowest BCUT2D eigenvalue weighted by molar-refractivity contribution is -0.149. The van der Waals surface area contributed by atoms with Crippen LogP contribution >= 0.6 is 35.6 Å². The molecule has 0 radical (unpaired) electrons. The number of carbonyl (C=O) groups excluding carboxylic acids is 1. The van der Waals surface area contributed by atoms with Crippen molar-refractivity contribution in [2.75, 3.05) is 19.7 Å². The minimum absolute atomic E-state index is 0. The molecule has 7 heteroatoms. The lowest BCUT2D eigenvalue weighted by atomic mass is 9.93. The minimum atomic E-state index is -0.411. The van der Waals surface area contributed by atoms with Crippen LogP contribution in [0.3, 0.4) is 0 Å². The van der Waals surface area contributed by atoms with Crippen molar-refractivity contribution in [3.05, 3.63) is 33.3 Å². The molecule has 128 valence electrons. The first kappa shape index (κ1) is 18.8. The number of hydrogen-bond donors (Lipinski definition) is 1. The predicted molar refractivity (Wildman–Crippen MR) is 94.7 cm³/mol. The van der Waals surface area contributed by atoms with E-state index in [2.05, 4.69) is 5.32 Å². The highest BCUT2D eigenvalue weighted by molar-refractivity contribution is 6.35. The summed E-state index contributed by atoms with van der Waals surface area (Å²) < 4.78 is 5.68. The second-order valence-corrected chi connectivity index (χ2v) is 6.89. The van der Waals surface area contributed by atoms with Crippen LogP contribution in [-0.2, 0) is 16.0 Å². The number of ether oxygens (including phenoxy) is 1. The number of rotatable bonds is 1. The van der Waals surface area contributed by atoms with Crippen LogP contribution in [0.25, 0.3) is 0 Å². The van der Waals surface area contributed by atoms with Crippen molar-refractivity contribution in [2.45, 2.75) is 38.5 Å². The van der Waals surface area contributed by atoms with Crippen LogP contribution in [0.1, 0.15) is 31.0 Å². The summed E-state index contributed by atoms with van der Waals surface area (Å²) in [4.78, 5) is 14.6. The Morgan fingerprint density at radius 1 is 1.35 bits per heavy atom. The average molecular weight is 380 g/mol. The van der Waals surface area contributed by atoms with Crippen molar-refractivity contribution in [3.63, 3.8) is 0 Å². The number of halogens is 3. The summed E-state index contributed by atoms with van der Waals surface area (Å²) in [7, 11) is 0. The third-order valence-electron chi connectivity index (χ3n) is 4.44. The molecule has 1 fully saturated rings. The van der Waals surface area contributed by atoms with Gasteiger partial charge in [0.15, 0.2) is 0 Å². The van der Waals surface area contributed by atoms with E-state index in [1.165, 1.54) is 0 Å². The van der Waals surface area contributed by atoms with E-state index in [0.717, 1.165) is 17.5 Å². The van der Waals surface area contributed by atoms with Gasteiger partial charge in [0, 0.05) is 29.2 Å². The highest BCUT2D eigenvalue weighted by Crippen LogP contribution is 2.37. The summed E-state index contributed by atoms with van der Waals surface area (Å²) in [5.41, 5.74) is 2.13. The third-order valence-corrected chi connectivity index (χ3v) is 4.98. The maximum Gasteiger partial charge on any atom is 0.253 e. The molecule has 2 aliphatic heterocycles. The summed E-state index contributed by atoms with van der Waals surface area (Å²) in [6, 6.07) is 3.91. The van der Waals surface area contributed by atoms with Crippen molar-refractivity contribution in [3.8, 4) is 0 Å². The molecule has 1 aromatic carbocycles. The van der Waals surface area contributed by atoms with Crippen LogP contribution < -0.4 is 5.32 Å². The zero-order valence-electron chi connectivity index (χ0n) is 13.1. The lowest BCUT2D eigenvalue weighted by Gasteiger charge is -2.39. The highest BCUT2D eigenvalue weighted by Gasteiger charge is 2.35. The van der Waals surface area contributed by atoms with Gasteiger partial charge in [-0.05, 0) is 43.5 Å². The molecule has 2 aliphatic rings. The Kier molecular flexibility index (Phi) is 6.20. The Bertz CT molecular complexity index is 589. The van der Waals surface area contributed by atoms with Gasteiger partial charge in [0.1, 0.15) is 6.10 Å². The number of nitrogens with one attached hydrogen (secondary N) is 1. The second-order valence-electron chi connectivity index (χ2n) is 6.05. The molecule has 0 unspecified atom stereocenters. The van der Waals surface area contributed by atoms with Gasteiger partial charge in [0.05, 0.1) is 12.6 Å². The standard InChI is InChI=1S/C16H20Cl2N2O2.ClH/c1-9-8-22-14(7-19-9)16(21)20-4-3-11-5-12(17)6-13(18)15(11)10(20)2;/h5-6,9-10,14,19H,3-4,7-8H2,1-2H3;1H/t9-,10-,14+;/m0./s1. The Hall–Kier alpha value is -0.520. The lowest BCUT2D eigenvalue weighted by Crippen LogP contribution is -2.53. The molecule has 2 heterocycles. The zero-order chi connectivity index (χ0) is 15.9. The van der Waals surface area contributed by atoms with E-state index in [9.17, 15) is 4.79 Å². The van der Waals surface area contributed by atoms with Crippen LogP contribution in [0, 0.1) is 0 Å². The molecule has 0 saturated carbocycles. The van der Waals surface area contributed by atoms with Crippen molar-refractivity contribution < 1.29 is 9.53 Å². The normalized spacial score (nSPS) is 27.1. The molecule has 1 amide bonds. The van der Waals surface area contributed by atoms with Gasteiger partial charge in [-0.25, -0.2) is 0 Å². The maximum atomic E-state index is 12.8. The number of amides is 1. The largest absolute Gasteiger partial charge is 0.365 e. The highest BCUT2D eigenvalue weighted by atomic mass is 35.5. The molecule has 0 bridgehead atoms. The fourth-order valence-corrected chi connectivity index (χ4v) is 3.93. The zero-order valence-corrected chi connectivity index (χ0v) is 15.5. The van der Waals surface area contributed by atoms with E-state index in [0.29, 0.717) is 35.8 Å². The Morgan fingerprint density at radius 3 is 2.74 bits per heavy atom. The Balaban J connectivity index is 0.00000192. The summed E-state index contributed by atoms with van der Waals surface area (Å²) in [5.74, 6) is 0.0311. The van der Waals surface area contributed by atoms with E-state index in [-0.39, 0.29) is 24.4 Å². The number of fused-ring (bicyclic) bond motifs is 1. The van der Waals surface area contributed by atoms with E-state index in [1.807, 2.05) is 24.8 Å². The van der Waals surface area contributed by atoms with Gasteiger partial charge in [-0.2, -0.15) is 0 Å². The maximum absolute atomic E-state index is 12.8. The van der Waals surface area contributed by atoms with Crippen LogP contribution in [-0.4, -0.2) is 42.6 Å². The van der Waals surface area contributed by atoms with Gasteiger partial charge in [-0.15, -0.1) is 12.4 Å². The van der Waals surface area contributed by atoms with Crippen LogP contribution in [0.5, 0.6) is 0 Å². The summed E-state index contributed by atoms with van der Waals surface area (Å²) in [6.07, 6.45) is 0.355. The molecule has 3 atom stereocenters. The summed E-state index contributed by atoms with van der Waals surface area (Å²) in [6.45, 7) is 5.84. The fraction of sp³-hybridized carbons (Fsp3) is 0.562. The summed E-state index contributed by atoms with van der Waals surface area (Å²) >= 11 is 12.4. The number of morpholine rings is 1. The molecule has 4 nitrogen and oxygen atoms in total. The van der Waals surface area contributed by atoms with Crippen molar-refractivity contribution in [1.82, 2.24) is 10.2 Å². The number of benzene rings is 1. The minimum Gasteiger partial charge on any atom is -0.365 e. The monoisotopic (exact) mass is 378 g/mol. The molecule has 23 heavy (non-hydrogen) atoms. The number of hydrogen-bond acceptors (Lipinski definition) is 3. The van der Waals surface area contributed by atoms with Crippen molar-refractivity contribution in [1.29, 1.82) is 0 Å². The average Bonchev–Trinajstić information content (AvgIpc) is 2.47. The van der Waals surface area contributed by atoms with Gasteiger partial charge < -0.3 is 15.0 Å². The van der Waals surface area contributed by atoms with Gasteiger partial charge >= 0.3 is 0 Å². The predicted octanol–water partition coefficient (Wildman–Crippen LogP) is 3.24. The molecular formula is C16H21Cl3N2O2.